The molecule has 1 aromatic rings. The third kappa shape index (κ3) is 5.04. The van der Waals surface area contributed by atoms with Crippen LogP contribution in [-0.4, -0.2) is 44.4 Å². The van der Waals surface area contributed by atoms with Crippen molar-refractivity contribution in [3.05, 3.63) is 33.9 Å². The zero-order valence-corrected chi connectivity index (χ0v) is 14.0. The van der Waals surface area contributed by atoms with Crippen molar-refractivity contribution in [1.29, 1.82) is 0 Å². The average molecular weight is 329 g/mol. The van der Waals surface area contributed by atoms with E-state index in [1.807, 2.05) is 0 Å². The quantitative estimate of drug-likeness (QED) is 0.424. The van der Waals surface area contributed by atoms with Crippen LogP contribution in [0.25, 0.3) is 0 Å². The molecule has 0 aliphatic rings. The highest BCUT2D eigenvalue weighted by Gasteiger charge is 2.20. The third-order valence-electron chi connectivity index (χ3n) is 3.51. The topological polar surface area (TPSA) is 92.6 Å². The second-order valence-corrected chi connectivity index (χ2v) is 6.72. The van der Waals surface area contributed by atoms with E-state index < -0.39 is 14.9 Å². The molecule has 0 heterocycles. The molecule has 124 valence electrons. The average Bonchev–Trinajstić information content (AvgIpc) is 2.47. The molecule has 0 aromatic heterocycles. The van der Waals surface area contributed by atoms with Crippen LogP contribution in [0.15, 0.2) is 23.1 Å². The number of hydrogen-bond donors (Lipinski definition) is 1. The maximum Gasteiger partial charge on any atom is 0.270 e. The van der Waals surface area contributed by atoms with Gasteiger partial charge in [0.25, 0.3) is 5.69 Å². The number of sulfonamides is 1. The van der Waals surface area contributed by atoms with Crippen molar-refractivity contribution in [2.45, 2.75) is 32.1 Å². The zero-order valence-electron chi connectivity index (χ0n) is 13.2. The Kier molecular flexibility index (Phi) is 6.92. The fourth-order valence-corrected chi connectivity index (χ4v) is 3.46. The lowest BCUT2D eigenvalue weighted by molar-refractivity contribution is -0.385. The molecule has 0 amide bonds. The van der Waals surface area contributed by atoms with Gasteiger partial charge in [0.2, 0.25) is 10.0 Å². The number of nitro benzene ring substituents is 1. The van der Waals surface area contributed by atoms with E-state index in [4.69, 9.17) is 0 Å². The monoisotopic (exact) mass is 329 g/mol. The molecule has 0 spiro atoms. The normalized spacial score (nSPS) is 11.8. The molecule has 1 aromatic carbocycles. The van der Waals surface area contributed by atoms with Gasteiger partial charge in [0.15, 0.2) is 0 Å². The number of rotatable bonds is 9. The molecule has 1 N–H and O–H groups in total. The second-order valence-electron chi connectivity index (χ2n) is 4.99. The summed E-state index contributed by atoms with van der Waals surface area (Å²) in [6, 6.07) is 3.85. The van der Waals surface area contributed by atoms with Gasteiger partial charge < -0.3 is 4.90 Å². The van der Waals surface area contributed by atoms with Crippen molar-refractivity contribution in [3.8, 4) is 0 Å². The van der Waals surface area contributed by atoms with Crippen molar-refractivity contribution in [2.75, 3.05) is 26.2 Å². The largest absolute Gasteiger partial charge is 0.304 e. The van der Waals surface area contributed by atoms with Crippen LogP contribution in [0, 0.1) is 17.0 Å². The smallest absolute Gasteiger partial charge is 0.270 e. The second kappa shape index (κ2) is 8.21. The summed E-state index contributed by atoms with van der Waals surface area (Å²) in [5.41, 5.74) is 0.260. The van der Waals surface area contributed by atoms with Crippen LogP contribution in [-0.2, 0) is 10.0 Å². The molecule has 22 heavy (non-hydrogen) atoms. The third-order valence-corrected chi connectivity index (χ3v) is 5.11. The number of nitrogens with one attached hydrogen (secondary N) is 1. The van der Waals surface area contributed by atoms with Crippen LogP contribution < -0.4 is 4.72 Å². The lowest BCUT2D eigenvalue weighted by atomic mass is 10.2. The van der Waals surface area contributed by atoms with Gasteiger partial charge in [-0.2, -0.15) is 0 Å². The first-order valence-electron chi connectivity index (χ1n) is 7.28. The Morgan fingerprint density at radius 3 is 2.45 bits per heavy atom. The first-order chi connectivity index (χ1) is 10.3. The van der Waals surface area contributed by atoms with E-state index in [9.17, 15) is 18.5 Å². The Bertz CT molecular complexity index is 613. The van der Waals surface area contributed by atoms with Crippen LogP contribution in [0.1, 0.15) is 25.8 Å². The minimum atomic E-state index is -3.73. The van der Waals surface area contributed by atoms with Crippen LogP contribution in [0.4, 0.5) is 5.69 Å². The molecule has 0 bridgehead atoms. The molecule has 0 aliphatic carbocycles. The molecular formula is C14H23N3O4S. The molecule has 0 saturated heterocycles. The van der Waals surface area contributed by atoms with Crippen molar-refractivity contribution in [2.24, 2.45) is 0 Å². The SMILES string of the molecule is CCN(CC)CCCNS(=O)(=O)c1cc([N+](=O)[O-])ccc1C. The lowest BCUT2D eigenvalue weighted by Crippen LogP contribution is -2.30. The Hall–Kier alpha value is -1.51. The van der Waals surface area contributed by atoms with Crippen LogP contribution >= 0.6 is 0 Å². The number of aryl methyl sites for hydroxylation is 1. The molecule has 0 unspecified atom stereocenters. The van der Waals surface area contributed by atoms with Gasteiger partial charge in [-0.3, -0.25) is 10.1 Å². The molecule has 1 rings (SSSR count). The number of nitrogens with zero attached hydrogens (tertiary/aromatic N) is 2. The predicted molar refractivity (Wildman–Crippen MR) is 85.4 cm³/mol. The van der Waals surface area contributed by atoms with Crippen molar-refractivity contribution in [3.63, 3.8) is 0 Å². The van der Waals surface area contributed by atoms with E-state index in [1.54, 1.807) is 6.92 Å². The molecule has 0 radical (unpaired) electrons. The number of benzene rings is 1. The summed E-state index contributed by atoms with van der Waals surface area (Å²) in [6.07, 6.45) is 0.689. The summed E-state index contributed by atoms with van der Waals surface area (Å²) in [6.45, 7) is 8.69. The number of non-ortho nitro benzene ring substituents is 1. The highest BCUT2D eigenvalue weighted by molar-refractivity contribution is 7.89. The van der Waals surface area contributed by atoms with Gasteiger partial charge in [0.1, 0.15) is 0 Å². The minimum absolute atomic E-state index is 0.0375. The zero-order chi connectivity index (χ0) is 16.8. The highest BCUT2D eigenvalue weighted by Crippen LogP contribution is 2.21. The van der Waals surface area contributed by atoms with E-state index in [2.05, 4.69) is 23.5 Å². The highest BCUT2D eigenvalue weighted by atomic mass is 32.2. The number of nitro groups is 1. The van der Waals surface area contributed by atoms with Crippen LogP contribution in [0.3, 0.4) is 0 Å². The predicted octanol–water partition coefficient (Wildman–Crippen LogP) is 1.91. The Balaban J connectivity index is 2.74. The summed E-state index contributed by atoms with van der Waals surface area (Å²) >= 11 is 0. The first kappa shape index (κ1) is 18.5. The molecular weight excluding hydrogens is 306 g/mol. The standard InChI is InChI=1S/C14H23N3O4S/c1-4-16(5-2)10-6-9-15-22(20,21)14-11-13(17(18)19)8-7-12(14)3/h7-8,11,15H,4-6,9-10H2,1-3H3. The fourth-order valence-electron chi connectivity index (χ4n) is 2.12. The van der Waals surface area contributed by atoms with Gasteiger partial charge >= 0.3 is 0 Å². The van der Waals surface area contributed by atoms with E-state index in [0.29, 0.717) is 18.5 Å². The molecule has 0 fully saturated rings. The van der Waals surface area contributed by atoms with Gasteiger partial charge in [0, 0.05) is 18.7 Å². The summed E-state index contributed by atoms with van der Waals surface area (Å²) in [4.78, 5) is 12.3. The van der Waals surface area contributed by atoms with Crippen molar-refractivity contribution >= 4 is 15.7 Å². The van der Waals surface area contributed by atoms with E-state index >= 15 is 0 Å². The Morgan fingerprint density at radius 1 is 1.27 bits per heavy atom. The van der Waals surface area contributed by atoms with Crippen molar-refractivity contribution < 1.29 is 13.3 Å². The molecule has 0 saturated carbocycles. The lowest BCUT2D eigenvalue weighted by Gasteiger charge is -2.17. The van der Waals surface area contributed by atoms with Gasteiger partial charge in [0.05, 0.1) is 9.82 Å². The molecule has 8 heteroatoms. The van der Waals surface area contributed by atoms with E-state index in [0.717, 1.165) is 25.7 Å². The molecule has 0 atom stereocenters. The first-order valence-corrected chi connectivity index (χ1v) is 8.77. The Morgan fingerprint density at radius 2 is 1.91 bits per heavy atom. The minimum Gasteiger partial charge on any atom is -0.304 e. The van der Waals surface area contributed by atoms with Crippen LogP contribution in [0.2, 0.25) is 0 Å². The van der Waals surface area contributed by atoms with Gasteiger partial charge in [-0.05, 0) is 38.5 Å². The van der Waals surface area contributed by atoms with Crippen molar-refractivity contribution in [1.82, 2.24) is 9.62 Å². The van der Waals surface area contributed by atoms with Crippen LogP contribution in [0.5, 0.6) is 0 Å². The maximum absolute atomic E-state index is 12.3. The summed E-state index contributed by atoms with van der Waals surface area (Å²) in [7, 11) is -3.73. The van der Waals surface area contributed by atoms with Gasteiger partial charge in [-0.15, -0.1) is 0 Å². The van der Waals surface area contributed by atoms with Gasteiger partial charge in [-0.1, -0.05) is 19.9 Å². The fraction of sp³-hybridized carbons (Fsp3) is 0.571. The van der Waals surface area contributed by atoms with E-state index in [1.165, 1.54) is 12.1 Å². The summed E-state index contributed by atoms with van der Waals surface area (Å²) in [5.74, 6) is 0. The number of hydrogen-bond acceptors (Lipinski definition) is 5. The molecule has 7 nitrogen and oxygen atoms in total. The maximum atomic E-state index is 12.3. The Labute approximate surface area is 131 Å². The molecule has 0 aliphatic heterocycles. The summed E-state index contributed by atoms with van der Waals surface area (Å²) in [5, 5.41) is 10.8. The van der Waals surface area contributed by atoms with Gasteiger partial charge in [-0.25, -0.2) is 13.1 Å². The van der Waals surface area contributed by atoms with E-state index in [-0.39, 0.29) is 10.6 Å². The summed E-state index contributed by atoms with van der Waals surface area (Å²) < 4.78 is 27.0.